The van der Waals surface area contributed by atoms with Crippen molar-refractivity contribution in [3.8, 4) is 5.82 Å². The number of aldehydes is 1. The number of carbonyl (C=O) groups excluding carboxylic acids is 3. The van der Waals surface area contributed by atoms with Gasteiger partial charge in [0.25, 0.3) is 11.8 Å². The highest BCUT2D eigenvalue weighted by Gasteiger charge is 2.32. The fourth-order valence-electron chi connectivity index (χ4n) is 3.69. The summed E-state index contributed by atoms with van der Waals surface area (Å²) in [6.45, 7) is 8.29. The Hall–Kier alpha value is -4.49. The fourth-order valence-corrected chi connectivity index (χ4v) is 3.69. The summed E-state index contributed by atoms with van der Waals surface area (Å²) in [6, 6.07) is 14.5. The zero-order chi connectivity index (χ0) is 33.9. The summed E-state index contributed by atoms with van der Waals surface area (Å²) in [7, 11) is 2.01. The first kappa shape index (κ1) is 40.5. The van der Waals surface area contributed by atoms with Crippen LogP contribution in [0.15, 0.2) is 92.6 Å². The molecule has 2 saturated carbocycles. The standard InChI is InChI=1S/C22H23N5O3.C4H9NO2.C4H9N.C4H6.CH4/c28-20(22(30)25-16-9-10-16)17(12-15-6-2-1-3-7-15)26-21(29)18-13-23-14-27(18)19-8-4-5-11-24-19;1-3(5)4(7)2-6;1-5-4-2-3-4;1-3-4-2;/h1-8,11,13-14,16-17,20,28H,9-10,12H2,(H,25,30)(H,26,29);2-4,7H,5H2,1H3;4-5H,2-3H2,1H3;3-4H,1-2H2;1H4. The van der Waals surface area contributed by atoms with Crippen molar-refractivity contribution >= 4 is 18.1 Å². The maximum atomic E-state index is 13.0. The molecule has 2 amide bonds. The fraction of sp³-hybridized carbons (Fsp3) is 0.400. The van der Waals surface area contributed by atoms with Gasteiger partial charge in [0.2, 0.25) is 0 Å². The lowest BCUT2D eigenvalue weighted by atomic mass is 10.0. The number of pyridine rings is 1. The zero-order valence-corrected chi connectivity index (χ0v) is 26.5. The number of nitrogens with zero attached hydrogens (tertiary/aromatic N) is 3. The van der Waals surface area contributed by atoms with Crippen molar-refractivity contribution in [2.75, 3.05) is 7.05 Å². The summed E-state index contributed by atoms with van der Waals surface area (Å²) < 4.78 is 1.56. The largest absolute Gasteiger partial charge is 0.384 e. The van der Waals surface area contributed by atoms with Gasteiger partial charge < -0.3 is 36.7 Å². The minimum Gasteiger partial charge on any atom is -0.384 e. The van der Waals surface area contributed by atoms with Gasteiger partial charge in [0.05, 0.1) is 12.2 Å². The molecule has 2 aromatic heterocycles. The molecule has 2 heterocycles. The number of benzene rings is 1. The SMILES string of the molecule is C.C=CC=C.CC(N)C(O)C=O.CNC1CC1.O=C(NC(Cc1ccccc1)C(O)C(=O)NC1CC1)c1cncn1-c1ccccn1. The summed E-state index contributed by atoms with van der Waals surface area (Å²) in [5.41, 5.74) is 6.23. The molecule has 12 heteroatoms. The predicted molar refractivity (Wildman–Crippen MR) is 185 cm³/mol. The van der Waals surface area contributed by atoms with E-state index in [1.54, 1.807) is 42.0 Å². The van der Waals surface area contributed by atoms with Crippen molar-refractivity contribution in [2.24, 2.45) is 5.73 Å². The van der Waals surface area contributed by atoms with E-state index in [4.69, 9.17) is 10.8 Å². The van der Waals surface area contributed by atoms with Crippen LogP contribution < -0.4 is 21.7 Å². The molecular formula is C35H51N7O5. The third kappa shape index (κ3) is 15.6. The van der Waals surface area contributed by atoms with E-state index in [1.807, 2.05) is 43.4 Å². The van der Waals surface area contributed by atoms with Crippen molar-refractivity contribution in [1.29, 1.82) is 0 Å². The molecule has 0 spiro atoms. The van der Waals surface area contributed by atoms with Gasteiger partial charge >= 0.3 is 0 Å². The van der Waals surface area contributed by atoms with Gasteiger partial charge in [0.15, 0.2) is 6.10 Å². The van der Waals surface area contributed by atoms with Crippen LogP contribution in [-0.4, -0.2) is 86.3 Å². The molecule has 0 radical (unpaired) electrons. The predicted octanol–water partition coefficient (Wildman–Crippen LogP) is 2.50. The number of hydrogen-bond donors (Lipinski definition) is 6. The summed E-state index contributed by atoms with van der Waals surface area (Å²) in [6.07, 6.45) is 10.8. The molecule has 4 unspecified atom stereocenters. The molecule has 5 rings (SSSR count). The Balaban J connectivity index is 0.000000536. The molecule has 47 heavy (non-hydrogen) atoms. The highest BCUT2D eigenvalue weighted by atomic mass is 16.3. The van der Waals surface area contributed by atoms with Crippen molar-refractivity contribution in [1.82, 2.24) is 30.5 Å². The van der Waals surface area contributed by atoms with Crippen LogP contribution in [-0.2, 0) is 16.0 Å². The quantitative estimate of drug-likeness (QED) is 0.127. The summed E-state index contributed by atoms with van der Waals surface area (Å²) >= 11 is 0. The molecular weight excluding hydrogens is 598 g/mol. The molecule has 7 N–H and O–H groups in total. The van der Waals surface area contributed by atoms with E-state index in [1.165, 1.54) is 25.4 Å². The van der Waals surface area contributed by atoms with Gasteiger partial charge in [-0.05, 0) is 63.8 Å². The number of imidazole rings is 1. The van der Waals surface area contributed by atoms with Crippen molar-refractivity contribution in [2.45, 2.75) is 82.8 Å². The normalized spacial score (nSPS) is 15.3. The van der Waals surface area contributed by atoms with E-state index in [2.05, 4.69) is 39.1 Å². The third-order valence-corrected chi connectivity index (χ3v) is 6.79. The molecule has 0 saturated heterocycles. The Morgan fingerprint density at radius 2 is 1.66 bits per heavy atom. The maximum Gasteiger partial charge on any atom is 0.270 e. The van der Waals surface area contributed by atoms with E-state index >= 15 is 0 Å². The van der Waals surface area contributed by atoms with E-state index in [0.29, 0.717) is 18.5 Å². The molecule has 0 aliphatic heterocycles. The number of rotatable bonds is 12. The lowest BCUT2D eigenvalue weighted by Gasteiger charge is -2.24. The topological polar surface area (TPSA) is 184 Å². The van der Waals surface area contributed by atoms with Gasteiger partial charge in [0.1, 0.15) is 30.2 Å². The maximum absolute atomic E-state index is 13.0. The van der Waals surface area contributed by atoms with Gasteiger partial charge in [-0.3, -0.25) is 14.2 Å². The lowest BCUT2D eigenvalue weighted by molar-refractivity contribution is -0.130. The smallest absolute Gasteiger partial charge is 0.270 e. The van der Waals surface area contributed by atoms with Crippen LogP contribution in [0.25, 0.3) is 5.82 Å². The second kappa shape index (κ2) is 22.1. The summed E-state index contributed by atoms with van der Waals surface area (Å²) in [5, 5.41) is 27.9. The number of amides is 2. The molecule has 2 aliphatic rings. The number of nitrogens with one attached hydrogen (secondary N) is 3. The number of nitrogens with two attached hydrogens (primary N) is 1. The first-order valence-electron chi connectivity index (χ1n) is 15.2. The average Bonchev–Trinajstić information content (AvgIpc) is 4.03. The molecule has 1 aromatic carbocycles. The van der Waals surface area contributed by atoms with E-state index in [9.17, 15) is 19.5 Å². The van der Waals surface area contributed by atoms with Crippen LogP contribution in [0.1, 0.15) is 56.1 Å². The molecule has 2 fully saturated rings. The molecule has 4 atom stereocenters. The van der Waals surface area contributed by atoms with Gasteiger partial charge in [-0.25, -0.2) is 9.97 Å². The molecule has 3 aromatic rings. The number of aromatic nitrogens is 3. The Morgan fingerprint density at radius 1 is 1.04 bits per heavy atom. The first-order chi connectivity index (χ1) is 22.1. The molecule has 2 aliphatic carbocycles. The number of allylic oxidation sites excluding steroid dienone is 2. The highest BCUT2D eigenvalue weighted by molar-refractivity contribution is 5.94. The van der Waals surface area contributed by atoms with Crippen molar-refractivity contribution in [3.63, 3.8) is 0 Å². The van der Waals surface area contributed by atoms with E-state index in [0.717, 1.165) is 24.4 Å². The van der Waals surface area contributed by atoms with E-state index < -0.39 is 36.1 Å². The third-order valence-electron chi connectivity index (χ3n) is 6.79. The Morgan fingerprint density at radius 3 is 2.11 bits per heavy atom. The van der Waals surface area contributed by atoms with Crippen LogP contribution in [0.4, 0.5) is 0 Å². The van der Waals surface area contributed by atoms with Crippen molar-refractivity contribution < 1.29 is 24.6 Å². The molecule has 12 nitrogen and oxygen atoms in total. The minimum absolute atomic E-state index is 0. The van der Waals surface area contributed by atoms with Crippen LogP contribution in [0, 0.1) is 0 Å². The van der Waals surface area contributed by atoms with Crippen molar-refractivity contribution in [3.05, 3.63) is 104 Å². The van der Waals surface area contributed by atoms with Crippen LogP contribution >= 0.6 is 0 Å². The van der Waals surface area contributed by atoms with E-state index in [-0.39, 0.29) is 19.2 Å². The number of aliphatic hydroxyl groups is 2. The Kier molecular flexibility index (Phi) is 19.1. The Labute approximate surface area is 278 Å². The van der Waals surface area contributed by atoms with Crippen LogP contribution in [0.2, 0.25) is 0 Å². The molecule has 0 bridgehead atoms. The van der Waals surface area contributed by atoms with Gasteiger partial charge in [-0.2, -0.15) is 0 Å². The number of carbonyl (C=O) groups is 3. The molecule has 256 valence electrons. The van der Waals surface area contributed by atoms with Crippen LogP contribution in [0.3, 0.4) is 0 Å². The van der Waals surface area contributed by atoms with Gasteiger partial charge in [0, 0.05) is 24.3 Å². The average molecular weight is 650 g/mol. The second-order valence-corrected chi connectivity index (χ2v) is 10.9. The lowest BCUT2D eigenvalue weighted by Crippen LogP contribution is -2.52. The summed E-state index contributed by atoms with van der Waals surface area (Å²) in [5.74, 6) is -0.374. The van der Waals surface area contributed by atoms with Gasteiger partial charge in [-0.1, -0.05) is 69.1 Å². The zero-order valence-electron chi connectivity index (χ0n) is 26.5. The Bertz CT molecular complexity index is 1340. The van der Waals surface area contributed by atoms with Gasteiger partial charge in [-0.15, -0.1) is 0 Å². The monoisotopic (exact) mass is 649 g/mol. The highest BCUT2D eigenvalue weighted by Crippen LogP contribution is 2.19. The second-order valence-electron chi connectivity index (χ2n) is 10.9. The number of aliphatic hydroxyl groups excluding tert-OH is 2. The first-order valence-corrected chi connectivity index (χ1v) is 15.2. The van der Waals surface area contributed by atoms with Crippen LogP contribution in [0.5, 0.6) is 0 Å². The number of hydrogen-bond acceptors (Lipinski definition) is 9. The summed E-state index contributed by atoms with van der Waals surface area (Å²) in [4.78, 5) is 43.4. The minimum atomic E-state index is -1.37.